The van der Waals surface area contributed by atoms with Crippen molar-refractivity contribution < 1.29 is 17.7 Å². The van der Waals surface area contributed by atoms with Gasteiger partial charge in [0, 0.05) is 42.8 Å². The molecule has 0 N–H and O–H groups in total. The third-order valence-corrected chi connectivity index (χ3v) is 7.42. The van der Waals surface area contributed by atoms with Crippen molar-refractivity contribution in [1.29, 1.82) is 0 Å². The number of rotatable bonds is 4. The molecule has 0 saturated carbocycles. The summed E-state index contributed by atoms with van der Waals surface area (Å²) in [5.41, 5.74) is 1.96. The van der Waals surface area contributed by atoms with Crippen molar-refractivity contribution in [3.8, 4) is 11.3 Å². The number of aryl methyl sites for hydroxylation is 1. The highest BCUT2D eigenvalue weighted by atomic mass is 35.5. The van der Waals surface area contributed by atoms with Gasteiger partial charge in [0.25, 0.3) is 5.91 Å². The van der Waals surface area contributed by atoms with E-state index < -0.39 is 10.0 Å². The maximum absolute atomic E-state index is 13.0. The van der Waals surface area contributed by atoms with E-state index in [2.05, 4.69) is 5.16 Å². The van der Waals surface area contributed by atoms with E-state index in [-0.39, 0.29) is 29.6 Å². The molecule has 2 aromatic carbocycles. The zero-order valence-corrected chi connectivity index (χ0v) is 18.6. The highest BCUT2D eigenvalue weighted by molar-refractivity contribution is 7.89. The van der Waals surface area contributed by atoms with E-state index in [1.165, 1.54) is 4.31 Å². The molecule has 1 amide bonds. The number of aromatic nitrogens is 1. The van der Waals surface area contributed by atoms with Crippen molar-refractivity contribution in [3.05, 3.63) is 70.9 Å². The van der Waals surface area contributed by atoms with E-state index in [0.717, 1.165) is 11.1 Å². The third kappa shape index (κ3) is 4.66. The Morgan fingerprint density at radius 3 is 2.42 bits per heavy atom. The topological polar surface area (TPSA) is 83.7 Å². The molecule has 1 saturated heterocycles. The van der Waals surface area contributed by atoms with Crippen molar-refractivity contribution in [2.24, 2.45) is 0 Å². The highest BCUT2D eigenvalue weighted by Gasteiger charge is 2.29. The molecule has 0 unspecified atom stereocenters. The molecule has 3 aromatic rings. The van der Waals surface area contributed by atoms with Crippen LogP contribution in [0.15, 0.2) is 64.0 Å². The van der Waals surface area contributed by atoms with Crippen LogP contribution in [0.25, 0.3) is 11.3 Å². The van der Waals surface area contributed by atoms with Crippen LogP contribution >= 0.6 is 11.6 Å². The Kier molecular flexibility index (Phi) is 6.13. The molecule has 1 aliphatic heterocycles. The molecule has 7 nitrogen and oxygen atoms in total. The minimum absolute atomic E-state index is 0.194. The lowest BCUT2D eigenvalue weighted by atomic mass is 10.1. The van der Waals surface area contributed by atoms with Crippen LogP contribution in [-0.2, 0) is 10.0 Å². The Balaban J connectivity index is 1.46. The number of sulfonamides is 1. The van der Waals surface area contributed by atoms with Gasteiger partial charge in [-0.25, -0.2) is 8.42 Å². The average molecular weight is 460 g/mol. The number of carbonyl (C=O) groups excluding carboxylic acids is 1. The Labute approximate surface area is 186 Å². The fourth-order valence-electron chi connectivity index (χ4n) is 3.48. The first-order valence-corrected chi connectivity index (χ1v) is 11.8. The molecule has 0 atom stereocenters. The molecule has 0 bridgehead atoms. The second-order valence-electron chi connectivity index (χ2n) is 7.45. The van der Waals surface area contributed by atoms with Gasteiger partial charge < -0.3 is 9.42 Å². The number of amides is 1. The van der Waals surface area contributed by atoms with Crippen molar-refractivity contribution in [3.63, 3.8) is 0 Å². The maximum Gasteiger partial charge on any atom is 0.276 e. The lowest BCUT2D eigenvalue weighted by Crippen LogP contribution is -2.37. The first-order chi connectivity index (χ1) is 14.8. The lowest BCUT2D eigenvalue weighted by molar-refractivity contribution is 0.0754. The minimum Gasteiger partial charge on any atom is -0.355 e. The van der Waals surface area contributed by atoms with Crippen molar-refractivity contribution in [1.82, 2.24) is 14.4 Å². The zero-order valence-electron chi connectivity index (χ0n) is 17.0. The molecular weight excluding hydrogens is 438 g/mol. The second kappa shape index (κ2) is 8.82. The molecule has 0 spiro atoms. The van der Waals surface area contributed by atoms with Gasteiger partial charge in [-0.3, -0.25) is 4.79 Å². The number of halogens is 1. The molecule has 0 radical (unpaired) electrons. The zero-order chi connectivity index (χ0) is 22.0. The number of carbonyl (C=O) groups is 1. The van der Waals surface area contributed by atoms with E-state index >= 15 is 0 Å². The molecule has 31 heavy (non-hydrogen) atoms. The van der Waals surface area contributed by atoms with Gasteiger partial charge in [-0.1, -0.05) is 34.5 Å². The molecule has 1 aromatic heterocycles. The van der Waals surface area contributed by atoms with Gasteiger partial charge in [0.05, 0.1) is 4.90 Å². The Bertz CT molecular complexity index is 1170. The fraction of sp³-hybridized carbons (Fsp3) is 0.273. The largest absolute Gasteiger partial charge is 0.355 e. The fourth-order valence-corrected chi connectivity index (χ4v) is 5.08. The molecule has 2 heterocycles. The molecule has 0 aliphatic carbocycles. The normalized spacial score (nSPS) is 15.6. The smallest absolute Gasteiger partial charge is 0.276 e. The van der Waals surface area contributed by atoms with Gasteiger partial charge in [-0.05, 0) is 49.7 Å². The Morgan fingerprint density at radius 2 is 1.71 bits per heavy atom. The van der Waals surface area contributed by atoms with Gasteiger partial charge in [0.2, 0.25) is 10.0 Å². The number of nitrogens with zero attached hydrogens (tertiary/aromatic N) is 3. The van der Waals surface area contributed by atoms with E-state index in [1.807, 2.05) is 6.92 Å². The molecule has 1 fully saturated rings. The summed E-state index contributed by atoms with van der Waals surface area (Å²) in [5.74, 6) is 0.192. The van der Waals surface area contributed by atoms with Crippen LogP contribution in [0.5, 0.6) is 0 Å². The quantitative estimate of drug-likeness (QED) is 0.591. The minimum atomic E-state index is -3.60. The summed E-state index contributed by atoms with van der Waals surface area (Å²) in [5, 5.41) is 4.52. The van der Waals surface area contributed by atoms with Crippen molar-refractivity contribution >= 4 is 27.5 Å². The van der Waals surface area contributed by atoms with E-state index in [4.69, 9.17) is 16.1 Å². The van der Waals surface area contributed by atoms with Crippen LogP contribution in [0.4, 0.5) is 0 Å². The monoisotopic (exact) mass is 459 g/mol. The predicted molar refractivity (Wildman–Crippen MR) is 117 cm³/mol. The van der Waals surface area contributed by atoms with Crippen LogP contribution in [-0.4, -0.2) is 54.9 Å². The number of hydrogen-bond donors (Lipinski definition) is 0. The van der Waals surface area contributed by atoms with E-state index in [0.29, 0.717) is 30.3 Å². The molecular formula is C22H22ClN3O4S. The van der Waals surface area contributed by atoms with Gasteiger partial charge >= 0.3 is 0 Å². The summed E-state index contributed by atoms with van der Waals surface area (Å²) in [7, 11) is -3.60. The summed E-state index contributed by atoms with van der Waals surface area (Å²) < 4.78 is 32.7. The Morgan fingerprint density at radius 1 is 1.00 bits per heavy atom. The molecule has 4 rings (SSSR count). The average Bonchev–Trinajstić information content (AvgIpc) is 3.11. The molecule has 1 aliphatic rings. The van der Waals surface area contributed by atoms with Crippen molar-refractivity contribution in [2.45, 2.75) is 18.2 Å². The van der Waals surface area contributed by atoms with Crippen LogP contribution in [0.3, 0.4) is 0 Å². The SMILES string of the molecule is Cc1ccc(S(=O)(=O)N2CCCN(C(=O)c3cc(-c4ccc(Cl)cc4)on3)CC2)cc1. The summed E-state index contributed by atoms with van der Waals surface area (Å²) in [6.45, 7) is 3.22. The van der Waals surface area contributed by atoms with Crippen LogP contribution in [0.2, 0.25) is 5.02 Å². The van der Waals surface area contributed by atoms with Gasteiger partial charge in [-0.2, -0.15) is 4.31 Å². The van der Waals surface area contributed by atoms with Crippen LogP contribution < -0.4 is 0 Å². The standard InChI is InChI=1S/C22H22ClN3O4S/c1-16-3-9-19(10-4-16)31(28,29)26-12-2-11-25(13-14-26)22(27)20-15-21(30-24-20)17-5-7-18(23)8-6-17/h3-10,15H,2,11-14H2,1H3. The van der Waals surface area contributed by atoms with E-state index in [9.17, 15) is 13.2 Å². The summed E-state index contributed by atoms with van der Waals surface area (Å²) >= 11 is 5.91. The van der Waals surface area contributed by atoms with E-state index in [1.54, 1.807) is 59.5 Å². The Hall–Kier alpha value is -2.68. The number of benzene rings is 2. The summed E-state index contributed by atoms with van der Waals surface area (Å²) in [6, 6.07) is 15.4. The third-order valence-electron chi connectivity index (χ3n) is 5.26. The van der Waals surface area contributed by atoms with Gasteiger partial charge in [0.15, 0.2) is 11.5 Å². The lowest BCUT2D eigenvalue weighted by Gasteiger charge is -2.21. The first-order valence-electron chi connectivity index (χ1n) is 9.93. The van der Waals surface area contributed by atoms with Crippen LogP contribution in [0, 0.1) is 6.92 Å². The molecule has 162 valence electrons. The summed E-state index contributed by atoms with van der Waals surface area (Å²) in [4.78, 5) is 14.8. The van der Waals surface area contributed by atoms with Gasteiger partial charge in [0.1, 0.15) is 0 Å². The highest BCUT2D eigenvalue weighted by Crippen LogP contribution is 2.24. The summed E-state index contributed by atoms with van der Waals surface area (Å²) in [6.07, 6.45) is 0.540. The second-order valence-corrected chi connectivity index (χ2v) is 9.82. The molecule has 9 heteroatoms. The van der Waals surface area contributed by atoms with Crippen molar-refractivity contribution in [2.75, 3.05) is 26.2 Å². The first kappa shape index (κ1) is 21.5. The number of hydrogen-bond acceptors (Lipinski definition) is 5. The predicted octanol–water partition coefficient (Wildman–Crippen LogP) is 3.84. The van der Waals surface area contributed by atoms with Gasteiger partial charge in [-0.15, -0.1) is 0 Å². The maximum atomic E-state index is 13.0. The van der Waals surface area contributed by atoms with Crippen LogP contribution in [0.1, 0.15) is 22.5 Å².